The first-order chi connectivity index (χ1) is 8.13. The van der Waals surface area contributed by atoms with Crippen LogP contribution in [0.1, 0.15) is 65.2 Å². The molecule has 0 nitrogen and oxygen atoms in total. The smallest absolute Gasteiger partial charge is 0.0998 e. The van der Waals surface area contributed by atoms with Crippen LogP contribution < -0.4 is 0 Å². The summed E-state index contributed by atoms with van der Waals surface area (Å²) < 4.78 is 13.1. The Hall–Kier alpha value is -0.330. The zero-order valence-electron chi connectivity index (χ0n) is 11.6. The highest BCUT2D eigenvalue weighted by Gasteiger charge is 2.17. The molecule has 0 aromatic carbocycles. The molecule has 3 atom stereocenters. The SMILES string of the molecule is C=CC(CCC1CCCC1)CCC(C)C(C)F. The van der Waals surface area contributed by atoms with Gasteiger partial charge in [0.05, 0.1) is 6.17 Å². The summed E-state index contributed by atoms with van der Waals surface area (Å²) in [6.45, 7) is 7.62. The largest absolute Gasteiger partial charge is 0.248 e. The molecule has 0 aromatic rings. The Kier molecular flexibility index (Phi) is 6.84. The zero-order chi connectivity index (χ0) is 12.7. The Labute approximate surface area is 107 Å². The number of hydrogen-bond donors (Lipinski definition) is 0. The van der Waals surface area contributed by atoms with Crippen molar-refractivity contribution >= 4 is 0 Å². The molecule has 1 aliphatic carbocycles. The van der Waals surface area contributed by atoms with Crippen LogP contribution in [0.4, 0.5) is 4.39 Å². The van der Waals surface area contributed by atoms with Crippen molar-refractivity contribution in [3.05, 3.63) is 12.7 Å². The van der Waals surface area contributed by atoms with E-state index in [0.29, 0.717) is 5.92 Å². The van der Waals surface area contributed by atoms with Gasteiger partial charge >= 0.3 is 0 Å². The average molecular weight is 240 g/mol. The van der Waals surface area contributed by atoms with Crippen LogP contribution >= 0.6 is 0 Å². The summed E-state index contributed by atoms with van der Waals surface area (Å²) in [7, 11) is 0. The van der Waals surface area contributed by atoms with Gasteiger partial charge in [-0.15, -0.1) is 6.58 Å². The maximum absolute atomic E-state index is 13.1. The van der Waals surface area contributed by atoms with E-state index in [1.807, 2.05) is 6.92 Å². The molecule has 1 aliphatic rings. The van der Waals surface area contributed by atoms with Crippen LogP contribution in [0.25, 0.3) is 0 Å². The minimum absolute atomic E-state index is 0.198. The molecule has 0 heterocycles. The van der Waals surface area contributed by atoms with Gasteiger partial charge in [0.15, 0.2) is 0 Å². The van der Waals surface area contributed by atoms with Crippen molar-refractivity contribution in [2.45, 2.75) is 71.4 Å². The Morgan fingerprint density at radius 3 is 2.35 bits per heavy atom. The minimum Gasteiger partial charge on any atom is -0.248 e. The summed E-state index contributed by atoms with van der Waals surface area (Å²) in [5, 5.41) is 0. The molecule has 3 unspecified atom stereocenters. The maximum atomic E-state index is 13.1. The predicted molar refractivity (Wildman–Crippen MR) is 73.8 cm³/mol. The van der Waals surface area contributed by atoms with Gasteiger partial charge in [0.25, 0.3) is 0 Å². The van der Waals surface area contributed by atoms with Gasteiger partial charge in [-0.05, 0) is 50.4 Å². The summed E-state index contributed by atoms with van der Waals surface area (Å²) in [6, 6.07) is 0. The molecule has 1 fully saturated rings. The van der Waals surface area contributed by atoms with Crippen molar-refractivity contribution < 1.29 is 4.39 Å². The summed E-state index contributed by atoms with van der Waals surface area (Å²) in [5.41, 5.74) is 0. The molecule has 17 heavy (non-hydrogen) atoms. The monoisotopic (exact) mass is 240 g/mol. The standard InChI is InChI=1S/C16H29F/c1-4-15(10-9-13(2)14(3)17)11-12-16-7-5-6-8-16/h4,13-16H,1,5-12H2,2-3H3. The molecule has 1 rings (SSSR count). The van der Waals surface area contributed by atoms with Crippen molar-refractivity contribution in [3.63, 3.8) is 0 Å². The molecule has 0 amide bonds. The highest BCUT2D eigenvalue weighted by atomic mass is 19.1. The molecule has 0 spiro atoms. The first-order valence-corrected chi connectivity index (χ1v) is 7.40. The quantitative estimate of drug-likeness (QED) is 0.489. The van der Waals surface area contributed by atoms with Crippen molar-refractivity contribution in [2.24, 2.45) is 17.8 Å². The van der Waals surface area contributed by atoms with Crippen molar-refractivity contribution in [1.82, 2.24) is 0 Å². The fourth-order valence-corrected chi connectivity index (χ4v) is 2.84. The van der Waals surface area contributed by atoms with E-state index in [1.54, 1.807) is 6.92 Å². The molecule has 100 valence electrons. The molecule has 0 saturated heterocycles. The molecule has 0 N–H and O–H groups in total. The van der Waals surface area contributed by atoms with Crippen molar-refractivity contribution in [3.8, 4) is 0 Å². The van der Waals surface area contributed by atoms with Gasteiger partial charge in [-0.25, -0.2) is 4.39 Å². The van der Waals surface area contributed by atoms with Gasteiger partial charge in [-0.3, -0.25) is 0 Å². The fraction of sp³-hybridized carbons (Fsp3) is 0.875. The minimum atomic E-state index is -0.671. The number of hydrogen-bond acceptors (Lipinski definition) is 0. The Bertz CT molecular complexity index is 198. The normalized spacial score (nSPS) is 22.3. The summed E-state index contributed by atoms with van der Waals surface area (Å²) in [4.78, 5) is 0. The van der Waals surface area contributed by atoms with E-state index in [9.17, 15) is 4.39 Å². The molecule has 0 bridgehead atoms. The molecule has 0 aliphatic heterocycles. The lowest BCUT2D eigenvalue weighted by atomic mass is 9.89. The Morgan fingerprint density at radius 2 is 1.82 bits per heavy atom. The highest BCUT2D eigenvalue weighted by molar-refractivity contribution is 4.81. The van der Waals surface area contributed by atoms with E-state index in [2.05, 4.69) is 12.7 Å². The molecule has 0 radical (unpaired) electrons. The zero-order valence-corrected chi connectivity index (χ0v) is 11.6. The topological polar surface area (TPSA) is 0 Å². The number of allylic oxidation sites excluding steroid dienone is 1. The summed E-state index contributed by atoms with van der Waals surface area (Å²) in [5.74, 6) is 1.77. The van der Waals surface area contributed by atoms with E-state index in [-0.39, 0.29) is 5.92 Å². The third kappa shape index (κ3) is 5.70. The number of alkyl halides is 1. The summed E-state index contributed by atoms with van der Waals surface area (Å²) in [6.07, 6.45) is 11.9. The lowest BCUT2D eigenvalue weighted by Crippen LogP contribution is -2.10. The summed E-state index contributed by atoms with van der Waals surface area (Å²) >= 11 is 0. The van der Waals surface area contributed by atoms with Crippen LogP contribution in [-0.2, 0) is 0 Å². The van der Waals surface area contributed by atoms with Gasteiger partial charge in [-0.1, -0.05) is 38.7 Å². The maximum Gasteiger partial charge on any atom is 0.0998 e. The van der Waals surface area contributed by atoms with E-state index < -0.39 is 6.17 Å². The van der Waals surface area contributed by atoms with Crippen molar-refractivity contribution in [1.29, 1.82) is 0 Å². The molecular weight excluding hydrogens is 211 g/mol. The van der Waals surface area contributed by atoms with Crippen LogP contribution in [0.5, 0.6) is 0 Å². The fourth-order valence-electron chi connectivity index (χ4n) is 2.84. The molecule has 1 saturated carbocycles. The van der Waals surface area contributed by atoms with E-state index in [0.717, 1.165) is 18.8 Å². The van der Waals surface area contributed by atoms with Gasteiger partial charge < -0.3 is 0 Å². The Balaban J connectivity index is 2.16. The third-order valence-corrected chi connectivity index (χ3v) is 4.53. The molecular formula is C16H29F. The van der Waals surface area contributed by atoms with Gasteiger partial charge in [0.1, 0.15) is 0 Å². The molecule has 1 heteroatoms. The van der Waals surface area contributed by atoms with Crippen LogP contribution in [-0.4, -0.2) is 6.17 Å². The second kappa shape index (κ2) is 7.89. The van der Waals surface area contributed by atoms with Gasteiger partial charge in [-0.2, -0.15) is 0 Å². The van der Waals surface area contributed by atoms with Gasteiger partial charge in [0, 0.05) is 0 Å². The lowest BCUT2D eigenvalue weighted by Gasteiger charge is -2.18. The second-order valence-electron chi connectivity index (χ2n) is 5.96. The third-order valence-electron chi connectivity index (χ3n) is 4.53. The first-order valence-electron chi connectivity index (χ1n) is 7.40. The van der Waals surface area contributed by atoms with Gasteiger partial charge in [0.2, 0.25) is 0 Å². The van der Waals surface area contributed by atoms with E-state index in [4.69, 9.17) is 0 Å². The lowest BCUT2D eigenvalue weighted by molar-refractivity contribution is 0.241. The number of halogens is 1. The van der Waals surface area contributed by atoms with Crippen LogP contribution in [0.3, 0.4) is 0 Å². The molecule has 0 aromatic heterocycles. The number of rotatable bonds is 8. The average Bonchev–Trinajstić information content (AvgIpc) is 2.81. The van der Waals surface area contributed by atoms with Crippen LogP contribution in [0, 0.1) is 17.8 Å². The van der Waals surface area contributed by atoms with Crippen LogP contribution in [0.15, 0.2) is 12.7 Å². The predicted octanol–water partition coefficient (Wildman–Crippen LogP) is 5.53. The van der Waals surface area contributed by atoms with Crippen molar-refractivity contribution in [2.75, 3.05) is 0 Å². The van der Waals surface area contributed by atoms with E-state index in [1.165, 1.54) is 38.5 Å². The van der Waals surface area contributed by atoms with Crippen LogP contribution in [0.2, 0.25) is 0 Å². The van der Waals surface area contributed by atoms with E-state index >= 15 is 0 Å². The second-order valence-corrected chi connectivity index (χ2v) is 5.96. The first kappa shape index (κ1) is 14.7. The Morgan fingerprint density at radius 1 is 1.18 bits per heavy atom. The highest BCUT2D eigenvalue weighted by Crippen LogP contribution is 2.31.